The Bertz CT molecular complexity index is 602. The molecule has 1 heterocycles. The van der Waals surface area contributed by atoms with Crippen molar-refractivity contribution in [2.24, 2.45) is 13.0 Å². The van der Waals surface area contributed by atoms with Gasteiger partial charge in [-0.3, -0.25) is 4.68 Å². The van der Waals surface area contributed by atoms with Crippen molar-refractivity contribution in [2.75, 3.05) is 12.8 Å². The molecule has 0 aliphatic heterocycles. The Morgan fingerprint density at radius 2 is 1.95 bits per heavy atom. The van der Waals surface area contributed by atoms with Gasteiger partial charge in [-0.1, -0.05) is 32.9 Å². The maximum absolute atomic E-state index is 6.22. The number of ether oxygens (including phenoxy) is 1. The van der Waals surface area contributed by atoms with Gasteiger partial charge in [0.05, 0.1) is 12.8 Å². The lowest BCUT2D eigenvalue weighted by Gasteiger charge is -2.15. The first-order chi connectivity index (χ1) is 9.45. The highest BCUT2D eigenvalue weighted by Gasteiger charge is 2.22. The van der Waals surface area contributed by atoms with E-state index in [9.17, 15) is 0 Å². The van der Waals surface area contributed by atoms with Crippen LogP contribution in [-0.2, 0) is 7.05 Å². The maximum atomic E-state index is 6.22. The molecule has 0 saturated carbocycles. The summed E-state index contributed by atoms with van der Waals surface area (Å²) in [4.78, 5) is 0. The monoisotopic (exact) mass is 273 g/mol. The molecule has 1 atom stereocenters. The minimum atomic E-state index is 0.347. The summed E-state index contributed by atoms with van der Waals surface area (Å²) in [7, 11) is 3.55. The van der Waals surface area contributed by atoms with Crippen molar-refractivity contribution in [3.8, 4) is 16.9 Å². The fraction of sp³-hybridized carbons (Fsp3) is 0.438. The number of aryl methyl sites for hydroxylation is 1. The molecule has 1 aromatic carbocycles. The second kappa shape index (κ2) is 5.57. The molecule has 108 valence electrons. The summed E-state index contributed by atoms with van der Waals surface area (Å²) in [6, 6.07) is 7.96. The molecule has 2 rings (SSSR count). The molecule has 4 heteroatoms. The summed E-state index contributed by atoms with van der Waals surface area (Å²) in [6.45, 7) is 6.59. The summed E-state index contributed by atoms with van der Waals surface area (Å²) in [5.74, 6) is 2.38. The molecule has 0 fully saturated rings. The van der Waals surface area contributed by atoms with E-state index in [1.54, 1.807) is 11.8 Å². The molecule has 2 N–H and O–H groups in total. The minimum Gasteiger partial charge on any atom is -0.497 e. The molecule has 2 aromatic rings. The quantitative estimate of drug-likeness (QED) is 0.928. The maximum Gasteiger partial charge on any atom is 0.129 e. The van der Waals surface area contributed by atoms with E-state index in [0.717, 1.165) is 22.6 Å². The van der Waals surface area contributed by atoms with Gasteiger partial charge in [0.25, 0.3) is 0 Å². The van der Waals surface area contributed by atoms with Crippen molar-refractivity contribution in [3.63, 3.8) is 0 Å². The average molecular weight is 273 g/mol. The Kier molecular flexibility index (Phi) is 4.02. The van der Waals surface area contributed by atoms with Crippen LogP contribution in [0.15, 0.2) is 24.3 Å². The number of methoxy groups -OCH3 is 1. The van der Waals surface area contributed by atoms with Crippen LogP contribution >= 0.6 is 0 Å². The predicted molar refractivity (Wildman–Crippen MR) is 82.9 cm³/mol. The van der Waals surface area contributed by atoms with E-state index in [2.05, 4.69) is 25.9 Å². The van der Waals surface area contributed by atoms with Crippen molar-refractivity contribution < 1.29 is 4.74 Å². The Labute approximate surface area is 120 Å². The standard InChI is InChI=1S/C16H23N3O/c1-10(2)11(3)15-14(16(17)19(4)18-15)12-7-6-8-13(9-12)20-5/h6-11H,17H2,1-5H3. The summed E-state index contributed by atoms with van der Waals surface area (Å²) < 4.78 is 7.06. The van der Waals surface area contributed by atoms with Crippen LogP contribution in [0.2, 0.25) is 0 Å². The van der Waals surface area contributed by atoms with Gasteiger partial charge in [0, 0.05) is 18.5 Å². The van der Waals surface area contributed by atoms with Crippen LogP contribution in [0.5, 0.6) is 5.75 Å². The Morgan fingerprint density at radius 1 is 1.25 bits per heavy atom. The molecule has 0 amide bonds. The highest BCUT2D eigenvalue weighted by atomic mass is 16.5. The third-order valence-electron chi connectivity index (χ3n) is 3.91. The molecule has 20 heavy (non-hydrogen) atoms. The first-order valence-corrected chi connectivity index (χ1v) is 6.92. The first kappa shape index (κ1) is 14.4. The summed E-state index contributed by atoms with van der Waals surface area (Å²) in [6.07, 6.45) is 0. The number of aromatic nitrogens is 2. The largest absolute Gasteiger partial charge is 0.497 e. The van der Waals surface area contributed by atoms with Crippen molar-refractivity contribution in [1.82, 2.24) is 9.78 Å². The molecule has 0 radical (unpaired) electrons. The van der Waals surface area contributed by atoms with Gasteiger partial charge in [0.15, 0.2) is 0 Å². The smallest absolute Gasteiger partial charge is 0.129 e. The molecular weight excluding hydrogens is 250 g/mol. The number of nitrogens with two attached hydrogens (primary N) is 1. The SMILES string of the molecule is COc1cccc(-c2c(C(C)C(C)C)nn(C)c2N)c1. The summed E-state index contributed by atoms with van der Waals surface area (Å²) in [5.41, 5.74) is 9.35. The van der Waals surface area contributed by atoms with Gasteiger partial charge in [-0.15, -0.1) is 0 Å². The van der Waals surface area contributed by atoms with Gasteiger partial charge in [-0.05, 0) is 23.6 Å². The van der Waals surface area contributed by atoms with Crippen LogP contribution < -0.4 is 10.5 Å². The Hall–Kier alpha value is -1.97. The third-order valence-corrected chi connectivity index (χ3v) is 3.91. The fourth-order valence-electron chi connectivity index (χ4n) is 2.27. The minimum absolute atomic E-state index is 0.347. The van der Waals surface area contributed by atoms with Gasteiger partial charge in [-0.2, -0.15) is 5.10 Å². The Balaban J connectivity index is 2.60. The molecule has 0 bridgehead atoms. The predicted octanol–water partition coefficient (Wildman–Crippen LogP) is 3.44. The van der Waals surface area contributed by atoms with Crippen LogP contribution in [0.4, 0.5) is 5.82 Å². The molecule has 0 saturated heterocycles. The van der Waals surface area contributed by atoms with E-state index in [4.69, 9.17) is 10.5 Å². The van der Waals surface area contributed by atoms with Gasteiger partial charge < -0.3 is 10.5 Å². The van der Waals surface area contributed by atoms with Crippen LogP contribution in [0.3, 0.4) is 0 Å². The fourth-order valence-corrected chi connectivity index (χ4v) is 2.27. The van der Waals surface area contributed by atoms with E-state index >= 15 is 0 Å². The van der Waals surface area contributed by atoms with E-state index < -0.39 is 0 Å². The number of hydrogen-bond donors (Lipinski definition) is 1. The van der Waals surface area contributed by atoms with Crippen LogP contribution in [0.1, 0.15) is 32.4 Å². The Morgan fingerprint density at radius 3 is 2.55 bits per heavy atom. The molecule has 1 unspecified atom stereocenters. The van der Waals surface area contributed by atoms with Crippen LogP contribution in [0.25, 0.3) is 11.1 Å². The van der Waals surface area contributed by atoms with Crippen molar-refractivity contribution >= 4 is 5.82 Å². The van der Waals surface area contributed by atoms with E-state index in [0.29, 0.717) is 17.7 Å². The van der Waals surface area contributed by atoms with Crippen LogP contribution in [-0.4, -0.2) is 16.9 Å². The van der Waals surface area contributed by atoms with Crippen LogP contribution in [0, 0.1) is 5.92 Å². The molecule has 0 aliphatic rings. The molecule has 4 nitrogen and oxygen atoms in total. The zero-order valence-electron chi connectivity index (χ0n) is 12.8. The average Bonchev–Trinajstić information content (AvgIpc) is 2.74. The number of nitrogens with zero attached hydrogens (tertiary/aromatic N) is 2. The van der Waals surface area contributed by atoms with E-state index in [1.165, 1.54) is 0 Å². The molecule has 0 aliphatic carbocycles. The summed E-state index contributed by atoms with van der Waals surface area (Å²) in [5, 5.41) is 4.61. The molecular formula is C16H23N3O. The number of nitrogen functional groups attached to an aromatic ring is 1. The lowest BCUT2D eigenvalue weighted by Crippen LogP contribution is -2.05. The highest BCUT2D eigenvalue weighted by Crippen LogP contribution is 2.37. The van der Waals surface area contributed by atoms with Crippen molar-refractivity contribution in [2.45, 2.75) is 26.7 Å². The first-order valence-electron chi connectivity index (χ1n) is 6.92. The second-order valence-corrected chi connectivity index (χ2v) is 5.53. The van der Waals surface area contributed by atoms with Crippen molar-refractivity contribution in [3.05, 3.63) is 30.0 Å². The number of rotatable bonds is 4. The van der Waals surface area contributed by atoms with Gasteiger partial charge >= 0.3 is 0 Å². The highest BCUT2D eigenvalue weighted by molar-refractivity contribution is 5.78. The second-order valence-electron chi connectivity index (χ2n) is 5.53. The number of hydrogen-bond acceptors (Lipinski definition) is 3. The van der Waals surface area contributed by atoms with Gasteiger partial charge in [0.1, 0.15) is 11.6 Å². The van der Waals surface area contributed by atoms with Crippen molar-refractivity contribution in [1.29, 1.82) is 0 Å². The third kappa shape index (κ3) is 2.50. The number of anilines is 1. The van der Waals surface area contributed by atoms with Gasteiger partial charge in [0.2, 0.25) is 0 Å². The lowest BCUT2D eigenvalue weighted by atomic mass is 9.90. The topological polar surface area (TPSA) is 53.1 Å². The normalized spacial score (nSPS) is 12.7. The van der Waals surface area contributed by atoms with E-state index in [-0.39, 0.29) is 0 Å². The summed E-state index contributed by atoms with van der Waals surface area (Å²) >= 11 is 0. The zero-order chi connectivity index (χ0) is 14.9. The number of benzene rings is 1. The van der Waals surface area contributed by atoms with Gasteiger partial charge in [-0.25, -0.2) is 0 Å². The molecule has 0 spiro atoms. The molecule has 1 aromatic heterocycles. The lowest BCUT2D eigenvalue weighted by molar-refractivity contribution is 0.415. The van der Waals surface area contributed by atoms with E-state index in [1.807, 2.05) is 31.3 Å². The zero-order valence-corrected chi connectivity index (χ0v) is 12.8.